The number of anilines is 1. The number of aryl methyl sites for hydroxylation is 1. The zero-order valence-corrected chi connectivity index (χ0v) is 15.1. The number of amides is 1. The third-order valence-electron chi connectivity index (χ3n) is 4.09. The molecular formula is C20H20N2O3S. The van der Waals surface area contributed by atoms with Gasteiger partial charge in [0, 0.05) is 23.7 Å². The van der Waals surface area contributed by atoms with E-state index in [1.807, 2.05) is 0 Å². The Balaban J connectivity index is 1.54. The highest BCUT2D eigenvalue weighted by Crippen LogP contribution is 2.22. The molecule has 0 aliphatic heterocycles. The molecule has 0 bridgehead atoms. The molecule has 0 saturated heterocycles. The molecule has 0 heterocycles. The molecule has 0 aromatic heterocycles. The first kappa shape index (κ1) is 18.2. The molecule has 2 aromatic carbocycles. The molecule has 1 aliphatic rings. The molecule has 3 rings (SSSR count). The van der Waals surface area contributed by atoms with Crippen molar-refractivity contribution < 1.29 is 13.2 Å². The fourth-order valence-corrected chi connectivity index (χ4v) is 3.80. The summed E-state index contributed by atoms with van der Waals surface area (Å²) in [6, 6.07) is 13.8. The summed E-state index contributed by atoms with van der Waals surface area (Å²) in [5.74, 6) is 2.41. The highest BCUT2D eigenvalue weighted by molar-refractivity contribution is 7.89. The van der Waals surface area contributed by atoms with Gasteiger partial charge in [-0.1, -0.05) is 24.1 Å². The lowest BCUT2D eigenvalue weighted by Crippen LogP contribution is -2.25. The predicted molar refractivity (Wildman–Crippen MR) is 101 cm³/mol. The first-order valence-corrected chi connectivity index (χ1v) is 9.92. The van der Waals surface area contributed by atoms with Gasteiger partial charge >= 0.3 is 0 Å². The van der Waals surface area contributed by atoms with E-state index in [-0.39, 0.29) is 16.8 Å². The van der Waals surface area contributed by atoms with Crippen molar-refractivity contribution in [1.29, 1.82) is 0 Å². The molecular weight excluding hydrogens is 348 g/mol. The van der Waals surface area contributed by atoms with E-state index in [0.717, 1.165) is 18.4 Å². The summed E-state index contributed by atoms with van der Waals surface area (Å²) >= 11 is 0. The number of benzene rings is 2. The SMILES string of the molecule is C#Cc1cccc(NC(=O)CCc2ccc(S(=O)(=O)NC3CC3)cc2)c1. The fourth-order valence-electron chi connectivity index (χ4n) is 2.49. The maximum absolute atomic E-state index is 12.1. The lowest BCUT2D eigenvalue weighted by Gasteiger charge is -2.08. The van der Waals surface area contributed by atoms with E-state index in [0.29, 0.717) is 24.1 Å². The summed E-state index contributed by atoms with van der Waals surface area (Å²) in [4.78, 5) is 12.3. The van der Waals surface area contributed by atoms with E-state index >= 15 is 0 Å². The van der Waals surface area contributed by atoms with Gasteiger partial charge in [0.2, 0.25) is 15.9 Å². The number of terminal acetylenes is 1. The molecule has 0 unspecified atom stereocenters. The number of carbonyl (C=O) groups is 1. The van der Waals surface area contributed by atoms with Gasteiger partial charge in [0.25, 0.3) is 0 Å². The van der Waals surface area contributed by atoms with Crippen LogP contribution in [0.1, 0.15) is 30.4 Å². The van der Waals surface area contributed by atoms with E-state index in [1.165, 1.54) is 0 Å². The molecule has 1 aliphatic carbocycles. The maximum atomic E-state index is 12.1. The van der Waals surface area contributed by atoms with Crippen LogP contribution in [0.5, 0.6) is 0 Å². The van der Waals surface area contributed by atoms with Crippen LogP contribution in [0.25, 0.3) is 0 Å². The van der Waals surface area contributed by atoms with Crippen LogP contribution < -0.4 is 10.0 Å². The predicted octanol–water partition coefficient (Wildman–Crippen LogP) is 2.68. The van der Waals surface area contributed by atoms with Crippen LogP contribution in [0.4, 0.5) is 5.69 Å². The highest BCUT2D eigenvalue weighted by atomic mass is 32.2. The van der Waals surface area contributed by atoms with Gasteiger partial charge in [0.1, 0.15) is 0 Å². The lowest BCUT2D eigenvalue weighted by atomic mass is 10.1. The number of sulfonamides is 1. The monoisotopic (exact) mass is 368 g/mol. The molecule has 2 N–H and O–H groups in total. The van der Waals surface area contributed by atoms with E-state index in [2.05, 4.69) is 16.0 Å². The topological polar surface area (TPSA) is 75.3 Å². The van der Waals surface area contributed by atoms with Crippen molar-refractivity contribution in [3.63, 3.8) is 0 Å². The smallest absolute Gasteiger partial charge is 0.240 e. The largest absolute Gasteiger partial charge is 0.326 e. The second-order valence-corrected chi connectivity index (χ2v) is 8.03. The van der Waals surface area contributed by atoms with Crippen molar-refractivity contribution in [2.24, 2.45) is 0 Å². The third-order valence-corrected chi connectivity index (χ3v) is 5.62. The first-order valence-electron chi connectivity index (χ1n) is 8.44. The molecule has 1 fully saturated rings. The number of rotatable bonds is 7. The second-order valence-electron chi connectivity index (χ2n) is 6.31. The molecule has 5 nitrogen and oxygen atoms in total. The van der Waals surface area contributed by atoms with Crippen LogP contribution in [0, 0.1) is 12.3 Å². The Hall–Kier alpha value is -2.62. The van der Waals surface area contributed by atoms with E-state index in [4.69, 9.17) is 6.42 Å². The Bertz CT molecular complexity index is 940. The summed E-state index contributed by atoms with van der Waals surface area (Å²) in [6.45, 7) is 0. The van der Waals surface area contributed by atoms with Gasteiger partial charge < -0.3 is 5.32 Å². The molecule has 0 spiro atoms. The molecule has 1 amide bonds. The molecule has 134 valence electrons. The number of hydrogen-bond acceptors (Lipinski definition) is 3. The Kier molecular flexibility index (Phi) is 5.40. The fraction of sp³-hybridized carbons (Fsp3) is 0.250. The van der Waals surface area contributed by atoms with E-state index in [1.54, 1.807) is 48.5 Å². The summed E-state index contributed by atoms with van der Waals surface area (Å²) in [6.07, 6.45) is 7.97. The summed E-state index contributed by atoms with van der Waals surface area (Å²) in [7, 11) is -3.44. The van der Waals surface area contributed by atoms with Gasteiger partial charge in [0.15, 0.2) is 0 Å². The minimum atomic E-state index is -3.44. The Morgan fingerprint density at radius 2 is 1.88 bits per heavy atom. The highest BCUT2D eigenvalue weighted by Gasteiger charge is 2.27. The number of hydrogen-bond donors (Lipinski definition) is 2. The normalized spacial score (nSPS) is 13.8. The number of nitrogens with one attached hydrogen (secondary N) is 2. The Morgan fingerprint density at radius 3 is 2.54 bits per heavy atom. The molecule has 1 saturated carbocycles. The van der Waals surface area contributed by atoms with Crippen LogP contribution in [-0.4, -0.2) is 20.4 Å². The zero-order chi connectivity index (χ0) is 18.6. The van der Waals surface area contributed by atoms with Gasteiger partial charge in [-0.25, -0.2) is 13.1 Å². The third kappa shape index (κ3) is 4.94. The van der Waals surface area contributed by atoms with E-state index < -0.39 is 10.0 Å². The van der Waals surface area contributed by atoms with Crippen LogP contribution in [0.15, 0.2) is 53.4 Å². The Labute approximate surface area is 153 Å². The van der Waals surface area contributed by atoms with Crippen LogP contribution in [0.3, 0.4) is 0 Å². The molecule has 0 atom stereocenters. The number of carbonyl (C=O) groups excluding carboxylic acids is 1. The standard InChI is InChI=1S/C20H20N2O3S/c1-2-15-4-3-5-18(14-15)21-20(23)13-8-16-6-11-19(12-7-16)26(24,25)22-17-9-10-17/h1,3-7,11-12,14,17,22H,8-10,13H2,(H,21,23). The minimum absolute atomic E-state index is 0.0799. The minimum Gasteiger partial charge on any atom is -0.326 e. The van der Waals surface area contributed by atoms with Crippen molar-refractivity contribution in [1.82, 2.24) is 4.72 Å². The van der Waals surface area contributed by atoms with Crippen molar-refractivity contribution in [2.45, 2.75) is 36.6 Å². The summed E-state index contributed by atoms with van der Waals surface area (Å²) < 4.78 is 26.9. The van der Waals surface area contributed by atoms with Gasteiger partial charge in [0.05, 0.1) is 4.90 Å². The van der Waals surface area contributed by atoms with Gasteiger partial charge in [-0.2, -0.15) is 0 Å². The zero-order valence-electron chi connectivity index (χ0n) is 14.2. The molecule has 26 heavy (non-hydrogen) atoms. The van der Waals surface area contributed by atoms with Crippen LogP contribution in [0.2, 0.25) is 0 Å². The van der Waals surface area contributed by atoms with Gasteiger partial charge in [-0.15, -0.1) is 6.42 Å². The van der Waals surface area contributed by atoms with Crippen molar-refractivity contribution in [3.05, 3.63) is 59.7 Å². The molecule has 0 radical (unpaired) electrons. The van der Waals surface area contributed by atoms with Gasteiger partial charge in [-0.05, 0) is 55.2 Å². The second kappa shape index (κ2) is 7.73. The first-order chi connectivity index (χ1) is 12.5. The van der Waals surface area contributed by atoms with Crippen molar-refractivity contribution in [3.8, 4) is 12.3 Å². The lowest BCUT2D eigenvalue weighted by molar-refractivity contribution is -0.116. The Morgan fingerprint density at radius 1 is 1.15 bits per heavy atom. The maximum Gasteiger partial charge on any atom is 0.240 e. The molecule has 2 aromatic rings. The summed E-state index contributed by atoms with van der Waals surface area (Å²) in [5, 5.41) is 2.81. The quantitative estimate of drug-likeness (QED) is 0.738. The molecule has 6 heteroatoms. The van der Waals surface area contributed by atoms with E-state index in [9.17, 15) is 13.2 Å². The van der Waals surface area contributed by atoms with Gasteiger partial charge in [-0.3, -0.25) is 4.79 Å². The summed E-state index contributed by atoms with van der Waals surface area (Å²) in [5.41, 5.74) is 2.28. The van der Waals surface area contributed by atoms with Crippen LogP contribution in [-0.2, 0) is 21.2 Å². The van der Waals surface area contributed by atoms with Crippen molar-refractivity contribution >= 4 is 21.6 Å². The van der Waals surface area contributed by atoms with Crippen LogP contribution >= 0.6 is 0 Å². The van der Waals surface area contributed by atoms with Crippen molar-refractivity contribution in [2.75, 3.05) is 5.32 Å². The average Bonchev–Trinajstić information content (AvgIpc) is 3.44. The average molecular weight is 368 g/mol.